The molecule has 0 saturated heterocycles. The SMILES string of the molecule is CCCCC[CH2][Al-]([CH2]C(C)C)([CH2]C(C)C)[CH2]C(C)C. The molecule has 0 aliphatic heterocycles. The third-order valence-corrected chi connectivity index (χ3v) is 12.0. The largest absolute Gasteiger partial charge is 0.191 e. The van der Waals surface area contributed by atoms with Crippen LogP contribution >= 0.6 is 0 Å². The Morgan fingerprint density at radius 3 is 1.37 bits per heavy atom. The van der Waals surface area contributed by atoms with E-state index >= 15 is 0 Å². The molecule has 0 aromatic carbocycles. The first-order valence-corrected chi connectivity index (χ1v) is 12.3. The third-order valence-electron chi connectivity index (χ3n) is 4.58. The average molecular weight is 284 g/mol. The van der Waals surface area contributed by atoms with Crippen LogP contribution in [0.3, 0.4) is 0 Å². The Kier molecular flexibility index (Phi) is 10.6. The summed E-state index contributed by atoms with van der Waals surface area (Å²) in [6.45, 7) is 17.0. The van der Waals surface area contributed by atoms with Gasteiger partial charge in [0.05, 0.1) is 0 Å². The van der Waals surface area contributed by atoms with Crippen LogP contribution in [0.25, 0.3) is 0 Å². The molecule has 0 fully saturated rings. The van der Waals surface area contributed by atoms with E-state index in [-0.39, 0.29) is 0 Å². The van der Waals surface area contributed by atoms with Crippen molar-refractivity contribution in [2.45, 2.75) is 95.3 Å². The summed E-state index contributed by atoms with van der Waals surface area (Å²) in [6.07, 6.45) is 5.81. The molecule has 0 heterocycles. The number of unbranched alkanes of at least 4 members (excludes halogenated alkanes) is 3. The molecule has 1 heteroatoms. The summed E-state index contributed by atoms with van der Waals surface area (Å²) in [5, 5.41) is 6.40. The van der Waals surface area contributed by atoms with E-state index in [0.29, 0.717) is 0 Å². The van der Waals surface area contributed by atoms with Crippen LogP contribution in [0, 0.1) is 17.8 Å². The predicted octanol–water partition coefficient (Wildman–Crippen LogP) is 6.98. The molecule has 0 bridgehead atoms. The average Bonchev–Trinajstić information content (AvgIpc) is 2.21. The molecule has 0 aliphatic rings. The van der Waals surface area contributed by atoms with Crippen LogP contribution in [0.2, 0.25) is 21.1 Å². The van der Waals surface area contributed by atoms with Crippen molar-refractivity contribution in [3.63, 3.8) is 0 Å². The Hall–Kier alpha value is 0.532. The molecule has 0 radical (unpaired) electrons. The molecule has 0 aliphatic carbocycles. The zero-order chi connectivity index (χ0) is 14.9. The zero-order valence-electron chi connectivity index (χ0n) is 15.0. The first kappa shape index (κ1) is 19.5. The molecule has 0 N–H and O–H groups in total. The van der Waals surface area contributed by atoms with Crippen molar-refractivity contribution in [1.29, 1.82) is 0 Å². The van der Waals surface area contributed by atoms with Crippen LogP contribution in [0.4, 0.5) is 0 Å². The van der Waals surface area contributed by atoms with Crippen molar-refractivity contribution in [2.75, 3.05) is 0 Å². The molecule has 0 aromatic heterocycles. The van der Waals surface area contributed by atoms with Gasteiger partial charge in [0.25, 0.3) is 0 Å². The zero-order valence-corrected chi connectivity index (χ0v) is 16.1. The van der Waals surface area contributed by atoms with Crippen molar-refractivity contribution in [2.24, 2.45) is 17.8 Å². The maximum atomic E-state index is 2.45. The lowest BCUT2D eigenvalue weighted by Gasteiger charge is -2.41. The number of hydrogen-bond donors (Lipinski definition) is 0. The van der Waals surface area contributed by atoms with Gasteiger partial charge in [-0.15, -0.1) is 0 Å². The molecule has 0 spiro atoms. The Morgan fingerprint density at radius 1 is 0.632 bits per heavy atom. The summed E-state index contributed by atoms with van der Waals surface area (Å²) in [5.74, 6) is 2.73. The molecule has 0 nitrogen and oxygen atoms in total. The van der Waals surface area contributed by atoms with Crippen molar-refractivity contribution in [3.05, 3.63) is 0 Å². The summed E-state index contributed by atoms with van der Waals surface area (Å²) < 4.78 is 0. The first-order chi connectivity index (χ1) is 8.81. The molecule has 0 atom stereocenters. The Bertz CT molecular complexity index is 179. The van der Waals surface area contributed by atoms with Crippen molar-refractivity contribution < 1.29 is 0 Å². The summed E-state index contributed by atoms with van der Waals surface area (Å²) in [4.78, 5) is 0. The van der Waals surface area contributed by atoms with Crippen LogP contribution in [0.1, 0.15) is 74.1 Å². The van der Waals surface area contributed by atoms with Crippen molar-refractivity contribution >= 4 is 13.1 Å². The molecule has 0 rings (SSSR count). The van der Waals surface area contributed by atoms with Gasteiger partial charge in [0.2, 0.25) is 0 Å². The highest BCUT2D eigenvalue weighted by atomic mass is 27.2. The van der Waals surface area contributed by atoms with Crippen LogP contribution in [-0.2, 0) is 0 Å². The van der Waals surface area contributed by atoms with E-state index in [4.69, 9.17) is 0 Å². The summed E-state index contributed by atoms with van der Waals surface area (Å²) >= 11 is -1.36. The van der Waals surface area contributed by atoms with Gasteiger partial charge in [0, 0.05) is 0 Å². The lowest BCUT2D eigenvalue weighted by Crippen LogP contribution is -2.38. The number of hydrogen-bond acceptors (Lipinski definition) is 0. The lowest BCUT2D eigenvalue weighted by atomic mass is 10.2. The van der Waals surface area contributed by atoms with E-state index in [0.717, 1.165) is 17.8 Å². The smallest absolute Gasteiger partial charge is 0.135 e. The van der Waals surface area contributed by atoms with Crippen LogP contribution in [0.5, 0.6) is 0 Å². The van der Waals surface area contributed by atoms with E-state index in [1.165, 1.54) is 25.7 Å². The van der Waals surface area contributed by atoms with E-state index < -0.39 is 13.1 Å². The minimum atomic E-state index is -1.36. The van der Waals surface area contributed by atoms with Crippen LogP contribution in [-0.4, -0.2) is 13.1 Å². The van der Waals surface area contributed by atoms with Gasteiger partial charge in [-0.25, -0.2) is 0 Å². The fourth-order valence-corrected chi connectivity index (χ4v) is 13.1. The van der Waals surface area contributed by atoms with E-state index in [1.807, 2.05) is 0 Å². The molecule has 0 saturated carbocycles. The second kappa shape index (κ2) is 10.3. The molecule has 0 unspecified atom stereocenters. The van der Waals surface area contributed by atoms with E-state index in [1.54, 1.807) is 21.1 Å². The van der Waals surface area contributed by atoms with Gasteiger partial charge in [-0.2, -0.15) is 21.1 Å². The molecular weight excluding hydrogens is 243 g/mol. The Balaban J connectivity index is 4.68. The van der Waals surface area contributed by atoms with Gasteiger partial charge in [-0.3, -0.25) is 0 Å². The van der Waals surface area contributed by atoms with Gasteiger partial charge in [-0.1, -0.05) is 91.9 Å². The van der Waals surface area contributed by atoms with Crippen LogP contribution in [0.15, 0.2) is 0 Å². The minimum Gasteiger partial charge on any atom is -0.191 e. The predicted molar refractivity (Wildman–Crippen MR) is 93.6 cm³/mol. The van der Waals surface area contributed by atoms with E-state index in [2.05, 4.69) is 48.5 Å². The van der Waals surface area contributed by atoms with Crippen LogP contribution < -0.4 is 0 Å². The summed E-state index contributed by atoms with van der Waals surface area (Å²) in [5.41, 5.74) is 0. The maximum Gasteiger partial charge on any atom is 0.135 e. The second-order valence-corrected chi connectivity index (χ2v) is 13.9. The Labute approximate surface area is 126 Å². The Morgan fingerprint density at radius 2 is 1.05 bits per heavy atom. The third kappa shape index (κ3) is 9.98. The maximum absolute atomic E-state index is 2.45. The van der Waals surface area contributed by atoms with Gasteiger partial charge in [0.1, 0.15) is 13.1 Å². The number of rotatable bonds is 11. The monoisotopic (exact) mass is 283 g/mol. The fourth-order valence-electron chi connectivity index (χ4n) is 4.65. The van der Waals surface area contributed by atoms with Gasteiger partial charge >= 0.3 is 0 Å². The molecule has 0 amide bonds. The molecule has 19 heavy (non-hydrogen) atoms. The van der Waals surface area contributed by atoms with Crippen molar-refractivity contribution in [1.82, 2.24) is 0 Å². The van der Waals surface area contributed by atoms with Gasteiger partial charge in [-0.05, 0) is 0 Å². The quantitative estimate of drug-likeness (QED) is 0.283. The highest BCUT2D eigenvalue weighted by Gasteiger charge is 2.30. The topological polar surface area (TPSA) is 0 Å². The highest BCUT2D eigenvalue weighted by molar-refractivity contribution is 6.80. The normalized spacial score (nSPS) is 12.9. The second-order valence-electron chi connectivity index (χ2n) is 8.47. The van der Waals surface area contributed by atoms with Crippen molar-refractivity contribution in [3.8, 4) is 0 Å². The van der Waals surface area contributed by atoms with Gasteiger partial charge < -0.3 is 0 Å². The summed E-state index contributed by atoms with van der Waals surface area (Å²) in [6, 6.07) is 0. The fraction of sp³-hybridized carbons (Fsp3) is 1.00. The minimum absolute atomic E-state index is 0.911. The molecular formula is C18H40Al-. The van der Waals surface area contributed by atoms with E-state index in [9.17, 15) is 0 Å². The summed E-state index contributed by atoms with van der Waals surface area (Å²) in [7, 11) is 0. The highest BCUT2D eigenvalue weighted by Crippen LogP contribution is 2.36. The van der Waals surface area contributed by atoms with Gasteiger partial charge in [0.15, 0.2) is 0 Å². The molecule has 0 aromatic rings. The first-order valence-electron chi connectivity index (χ1n) is 9.03. The lowest BCUT2D eigenvalue weighted by molar-refractivity contribution is 0.623. The standard InChI is InChI=1S/C6H13.3C4H9.Al/c1-3-5-6-4-2;3*1-4(2)3;/h1,3-6H2,2H3;3*4H,1H2,2-3H3;/q;;;;-1. The molecule has 116 valence electrons.